The summed E-state index contributed by atoms with van der Waals surface area (Å²) in [5.74, 6) is 2.18. The second kappa shape index (κ2) is 9.73. The maximum atomic E-state index is 13.9. The van der Waals surface area contributed by atoms with Crippen LogP contribution in [-0.4, -0.2) is 38.2 Å². The van der Waals surface area contributed by atoms with Gasteiger partial charge in [0.15, 0.2) is 0 Å². The van der Waals surface area contributed by atoms with E-state index in [-0.39, 0.29) is 23.4 Å². The number of amides is 1. The lowest BCUT2D eigenvalue weighted by Gasteiger charge is -2.36. The Hall–Kier alpha value is -4.13. The first-order valence-electron chi connectivity index (χ1n) is 13.0. The highest BCUT2D eigenvalue weighted by atomic mass is 16.5. The minimum absolute atomic E-state index is 0.0738. The second-order valence-corrected chi connectivity index (χ2v) is 9.74. The van der Waals surface area contributed by atoms with Crippen molar-refractivity contribution in [3.8, 4) is 11.5 Å². The molecular formula is C30H30N4O3. The number of aromatic nitrogens is 3. The summed E-state index contributed by atoms with van der Waals surface area (Å²) >= 11 is 0. The fourth-order valence-corrected chi connectivity index (χ4v) is 5.63. The van der Waals surface area contributed by atoms with Crippen LogP contribution in [0.2, 0.25) is 0 Å². The first kappa shape index (κ1) is 23.3. The summed E-state index contributed by atoms with van der Waals surface area (Å²) in [7, 11) is 0. The van der Waals surface area contributed by atoms with E-state index in [1.165, 1.54) is 0 Å². The van der Waals surface area contributed by atoms with Crippen molar-refractivity contribution in [3.05, 3.63) is 112 Å². The van der Waals surface area contributed by atoms with E-state index in [1.807, 2.05) is 90.7 Å². The van der Waals surface area contributed by atoms with Crippen LogP contribution in [0.15, 0.2) is 83.7 Å². The van der Waals surface area contributed by atoms with Crippen LogP contribution in [0.25, 0.3) is 0 Å². The van der Waals surface area contributed by atoms with Crippen LogP contribution in [-0.2, 0) is 17.9 Å². The van der Waals surface area contributed by atoms with E-state index >= 15 is 0 Å². The van der Waals surface area contributed by atoms with E-state index in [1.54, 1.807) is 9.25 Å². The number of piperidine rings is 1. The third kappa shape index (κ3) is 4.24. The number of fused-ring (bicyclic) bond motifs is 2. The van der Waals surface area contributed by atoms with Gasteiger partial charge in [0.25, 0.3) is 0 Å². The van der Waals surface area contributed by atoms with Crippen molar-refractivity contribution in [2.45, 2.75) is 44.7 Å². The summed E-state index contributed by atoms with van der Waals surface area (Å²) < 4.78 is 9.45. The zero-order chi connectivity index (χ0) is 25.4. The maximum Gasteiger partial charge on any atom is 0.346 e. The number of carbonyl (C=O) groups is 1. The summed E-state index contributed by atoms with van der Waals surface area (Å²) in [6, 6.07) is 25.5. The molecule has 0 N–H and O–H groups in total. The molecule has 188 valence electrons. The molecule has 0 radical (unpaired) electrons. The standard InChI is InChI=1S/C30H30N4O3/c1-2-33-28(31-34(30(33)36)20-21-10-4-3-5-11-21)22-16-18-32(19-17-22)29(35)27-23-12-6-8-14-25(23)37-26-15-9-7-13-24(26)27/h3-15,22,27H,2,16-20H2,1H3. The molecule has 0 unspecified atom stereocenters. The van der Waals surface area contributed by atoms with E-state index in [0.717, 1.165) is 46.9 Å². The third-order valence-corrected chi connectivity index (χ3v) is 7.54. The maximum absolute atomic E-state index is 13.9. The van der Waals surface area contributed by atoms with Crippen molar-refractivity contribution in [1.29, 1.82) is 0 Å². The molecule has 6 rings (SSSR count). The minimum atomic E-state index is -0.378. The van der Waals surface area contributed by atoms with Gasteiger partial charge in [0.05, 0.1) is 12.5 Å². The third-order valence-electron chi connectivity index (χ3n) is 7.54. The molecule has 7 nitrogen and oxygen atoms in total. The quantitative estimate of drug-likeness (QED) is 0.401. The van der Waals surface area contributed by atoms with E-state index in [0.29, 0.717) is 26.2 Å². The highest BCUT2D eigenvalue weighted by Gasteiger charge is 2.37. The summed E-state index contributed by atoms with van der Waals surface area (Å²) in [4.78, 5) is 28.9. The van der Waals surface area contributed by atoms with Crippen molar-refractivity contribution in [2.75, 3.05) is 13.1 Å². The molecule has 0 saturated carbocycles. The van der Waals surface area contributed by atoms with Crippen molar-refractivity contribution >= 4 is 5.91 Å². The Balaban J connectivity index is 1.22. The number of para-hydroxylation sites is 2. The van der Waals surface area contributed by atoms with Gasteiger partial charge in [-0.3, -0.25) is 9.36 Å². The number of hydrogen-bond donors (Lipinski definition) is 0. The average molecular weight is 495 g/mol. The number of carbonyl (C=O) groups excluding carboxylic acids is 1. The molecule has 0 bridgehead atoms. The van der Waals surface area contributed by atoms with Gasteiger partial charge in [-0.1, -0.05) is 66.7 Å². The average Bonchev–Trinajstić information content (AvgIpc) is 3.26. The van der Waals surface area contributed by atoms with Crippen LogP contribution in [0.3, 0.4) is 0 Å². The Morgan fingerprint density at radius 3 is 2.11 bits per heavy atom. The topological polar surface area (TPSA) is 69.4 Å². The van der Waals surface area contributed by atoms with Gasteiger partial charge in [0.1, 0.15) is 17.3 Å². The predicted molar refractivity (Wildman–Crippen MR) is 141 cm³/mol. The van der Waals surface area contributed by atoms with Gasteiger partial charge in [-0.2, -0.15) is 5.10 Å². The van der Waals surface area contributed by atoms with Crippen molar-refractivity contribution in [1.82, 2.24) is 19.2 Å². The van der Waals surface area contributed by atoms with Crippen LogP contribution in [0, 0.1) is 0 Å². The molecule has 0 spiro atoms. The molecule has 0 atom stereocenters. The summed E-state index contributed by atoms with van der Waals surface area (Å²) in [5.41, 5.74) is 2.80. The highest BCUT2D eigenvalue weighted by Crippen LogP contribution is 2.45. The second-order valence-electron chi connectivity index (χ2n) is 9.74. The molecule has 2 aliphatic heterocycles. The Morgan fingerprint density at radius 2 is 1.49 bits per heavy atom. The summed E-state index contributed by atoms with van der Waals surface area (Å²) in [6.45, 7) is 4.29. The van der Waals surface area contributed by atoms with Crippen LogP contribution in [0.5, 0.6) is 11.5 Å². The van der Waals surface area contributed by atoms with Gasteiger partial charge < -0.3 is 9.64 Å². The van der Waals surface area contributed by atoms with E-state index < -0.39 is 0 Å². The number of ether oxygens (including phenoxy) is 1. The molecule has 37 heavy (non-hydrogen) atoms. The number of rotatable bonds is 5. The van der Waals surface area contributed by atoms with Gasteiger partial charge >= 0.3 is 5.69 Å². The minimum Gasteiger partial charge on any atom is -0.457 e. The molecule has 1 aromatic heterocycles. The molecule has 2 aliphatic rings. The first-order chi connectivity index (χ1) is 18.1. The number of likely N-dealkylation sites (tertiary alicyclic amines) is 1. The van der Waals surface area contributed by atoms with E-state index in [4.69, 9.17) is 9.84 Å². The van der Waals surface area contributed by atoms with Crippen LogP contribution in [0.1, 0.15) is 54.1 Å². The summed E-state index contributed by atoms with van der Waals surface area (Å²) in [5, 5.41) is 4.77. The Labute approximate surface area is 215 Å². The van der Waals surface area contributed by atoms with Crippen molar-refractivity contribution in [3.63, 3.8) is 0 Å². The lowest BCUT2D eigenvalue weighted by Crippen LogP contribution is -2.42. The molecular weight excluding hydrogens is 464 g/mol. The Kier molecular flexibility index (Phi) is 6.12. The monoisotopic (exact) mass is 494 g/mol. The normalized spacial score (nSPS) is 15.6. The van der Waals surface area contributed by atoms with Gasteiger partial charge in [-0.25, -0.2) is 9.48 Å². The molecule has 4 aromatic rings. The van der Waals surface area contributed by atoms with Gasteiger partial charge in [-0.05, 0) is 37.5 Å². The first-order valence-corrected chi connectivity index (χ1v) is 13.0. The van der Waals surface area contributed by atoms with Crippen LogP contribution >= 0.6 is 0 Å². The zero-order valence-electron chi connectivity index (χ0n) is 20.9. The molecule has 3 aromatic carbocycles. The van der Waals surface area contributed by atoms with Gasteiger partial charge in [0.2, 0.25) is 5.91 Å². The highest BCUT2D eigenvalue weighted by molar-refractivity contribution is 5.89. The molecule has 1 fully saturated rings. The molecule has 1 saturated heterocycles. The Bertz CT molecular complexity index is 1440. The fourth-order valence-electron chi connectivity index (χ4n) is 5.63. The molecule has 1 amide bonds. The number of nitrogens with zero attached hydrogens (tertiary/aromatic N) is 4. The number of hydrogen-bond acceptors (Lipinski definition) is 4. The molecule has 7 heteroatoms. The van der Waals surface area contributed by atoms with Crippen LogP contribution < -0.4 is 10.4 Å². The molecule has 3 heterocycles. The van der Waals surface area contributed by atoms with E-state index in [9.17, 15) is 9.59 Å². The smallest absolute Gasteiger partial charge is 0.346 e. The van der Waals surface area contributed by atoms with Crippen LogP contribution in [0.4, 0.5) is 0 Å². The fraction of sp³-hybridized carbons (Fsp3) is 0.300. The van der Waals surface area contributed by atoms with Crippen molar-refractivity contribution in [2.24, 2.45) is 0 Å². The lowest BCUT2D eigenvalue weighted by atomic mass is 9.86. The van der Waals surface area contributed by atoms with Gasteiger partial charge in [0, 0.05) is 36.7 Å². The lowest BCUT2D eigenvalue weighted by molar-refractivity contribution is -0.133. The SMILES string of the molecule is CCn1c(C2CCN(C(=O)C3c4ccccc4Oc4ccccc43)CC2)nn(Cc2ccccc2)c1=O. The Morgan fingerprint density at radius 1 is 0.892 bits per heavy atom. The van der Waals surface area contributed by atoms with Crippen molar-refractivity contribution < 1.29 is 9.53 Å². The zero-order valence-corrected chi connectivity index (χ0v) is 20.9. The number of benzene rings is 3. The predicted octanol–water partition coefficient (Wildman–Crippen LogP) is 4.76. The van der Waals surface area contributed by atoms with Gasteiger partial charge in [-0.15, -0.1) is 0 Å². The molecule has 0 aliphatic carbocycles. The summed E-state index contributed by atoms with van der Waals surface area (Å²) in [6.07, 6.45) is 1.56. The largest absolute Gasteiger partial charge is 0.457 e. The van der Waals surface area contributed by atoms with E-state index in [2.05, 4.69) is 0 Å².